The molecule has 1 aliphatic carbocycles. The fourth-order valence-electron chi connectivity index (χ4n) is 4.36. The van der Waals surface area contributed by atoms with Crippen LogP contribution in [-0.4, -0.2) is 4.57 Å². The van der Waals surface area contributed by atoms with Gasteiger partial charge in [-0.1, -0.05) is 78.9 Å². The van der Waals surface area contributed by atoms with E-state index < -0.39 is 0 Å². The molecule has 1 aliphatic rings. The fraction of sp³-hybridized carbons (Fsp3) is 0.111. The molecule has 1 aromatic heterocycles. The summed E-state index contributed by atoms with van der Waals surface area (Å²) in [5, 5.41) is 0. The maximum atomic E-state index is 2.47. The average Bonchev–Trinajstić information content (AvgIpc) is 3.15. The highest BCUT2D eigenvalue weighted by Gasteiger charge is 2.23. The van der Waals surface area contributed by atoms with Gasteiger partial charge >= 0.3 is 0 Å². The van der Waals surface area contributed by atoms with Gasteiger partial charge in [0.05, 0.1) is 5.69 Å². The van der Waals surface area contributed by atoms with E-state index in [2.05, 4.69) is 109 Å². The summed E-state index contributed by atoms with van der Waals surface area (Å²) in [6.07, 6.45) is 6.42. The molecule has 5 rings (SSSR count). The van der Waals surface area contributed by atoms with Gasteiger partial charge in [-0.3, -0.25) is 0 Å². The lowest BCUT2D eigenvalue weighted by Gasteiger charge is -2.20. The number of benzene rings is 3. The van der Waals surface area contributed by atoms with Crippen molar-refractivity contribution in [1.29, 1.82) is 0 Å². The van der Waals surface area contributed by atoms with Crippen LogP contribution in [-0.2, 0) is 12.8 Å². The van der Waals surface area contributed by atoms with E-state index in [4.69, 9.17) is 0 Å². The second-order valence-corrected chi connectivity index (χ2v) is 7.34. The van der Waals surface area contributed by atoms with E-state index in [9.17, 15) is 0 Å². The standard InChI is InChI=1S/C27H23N/c1-2-9-20-10-8-14-23(18-20)28-26-17-16-21-11-6-7-15-24(21)25(26)19-27(28)22-12-4-3-5-13-22/h2-15,18-19H,16-17H2,1H3/b9-2+. The molecule has 0 amide bonds. The molecular formula is C27H23N. The van der Waals surface area contributed by atoms with Crippen LogP contribution in [0.15, 0.2) is 91.0 Å². The molecule has 0 aliphatic heterocycles. The zero-order valence-corrected chi connectivity index (χ0v) is 16.1. The van der Waals surface area contributed by atoms with Gasteiger partial charge in [0.25, 0.3) is 0 Å². The summed E-state index contributed by atoms with van der Waals surface area (Å²) >= 11 is 0. The Bertz CT molecular complexity index is 1160. The second kappa shape index (κ2) is 7.01. The minimum atomic E-state index is 1.06. The van der Waals surface area contributed by atoms with Crippen LogP contribution in [0, 0.1) is 0 Å². The van der Waals surface area contributed by atoms with Crippen LogP contribution in [0.25, 0.3) is 34.1 Å². The molecule has 1 nitrogen and oxygen atoms in total. The van der Waals surface area contributed by atoms with Crippen molar-refractivity contribution in [3.63, 3.8) is 0 Å². The Morgan fingerprint density at radius 3 is 2.43 bits per heavy atom. The third-order valence-electron chi connectivity index (χ3n) is 5.60. The highest BCUT2D eigenvalue weighted by atomic mass is 15.0. The smallest absolute Gasteiger partial charge is 0.0537 e. The summed E-state index contributed by atoms with van der Waals surface area (Å²) in [5.41, 5.74) is 10.6. The highest BCUT2D eigenvalue weighted by Crippen LogP contribution is 2.40. The van der Waals surface area contributed by atoms with E-state index in [-0.39, 0.29) is 0 Å². The maximum absolute atomic E-state index is 2.47. The Balaban J connectivity index is 1.79. The third kappa shape index (κ3) is 2.80. The zero-order chi connectivity index (χ0) is 18.9. The van der Waals surface area contributed by atoms with Crippen molar-refractivity contribution in [2.75, 3.05) is 0 Å². The number of fused-ring (bicyclic) bond motifs is 3. The lowest BCUT2D eigenvalue weighted by atomic mass is 9.90. The molecule has 0 bridgehead atoms. The summed E-state index contributed by atoms with van der Waals surface area (Å²) in [6.45, 7) is 2.07. The van der Waals surface area contributed by atoms with E-state index in [0.29, 0.717) is 0 Å². The molecule has 1 heterocycles. The summed E-state index contributed by atoms with van der Waals surface area (Å²) in [7, 11) is 0. The van der Waals surface area contributed by atoms with Crippen LogP contribution < -0.4 is 0 Å². The Morgan fingerprint density at radius 2 is 1.57 bits per heavy atom. The summed E-state index contributed by atoms with van der Waals surface area (Å²) in [4.78, 5) is 0. The van der Waals surface area contributed by atoms with Crippen LogP contribution in [0.2, 0.25) is 0 Å². The van der Waals surface area contributed by atoms with Crippen LogP contribution in [0.4, 0.5) is 0 Å². The Kier molecular flexibility index (Phi) is 4.21. The van der Waals surface area contributed by atoms with Crippen molar-refractivity contribution in [1.82, 2.24) is 4.57 Å². The normalized spacial score (nSPS) is 12.8. The van der Waals surface area contributed by atoms with Gasteiger partial charge in [0.2, 0.25) is 0 Å². The molecule has 3 aromatic carbocycles. The predicted molar refractivity (Wildman–Crippen MR) is 119 cm³/mol. The van der Waals surface area contributed by atoms with E-state index >= 15 is 0 Å². The number of aromatic nitrogens is 1. The molecule has 0 N–H and O–H groups in total. The largest absolute Gasteiger partial charge is 0.313 e. The minimum absolute atomic E-state index is 1.06. The number of allylic oxidation sites excluding steroid dienone is 1. The lowest BCUT2D eigenvalue weighted by molar-refractivity contribution is 0.857. The number of rotatable bonds is 3. The van der Waals surface area contributed by atoms with E-state index in [1.165, 1.54) is 44.9 Å². The molecule has 0 saturated heterocycles. The fourth-order valence-corrected chi connectivity index (χ4v) is 4.36. The first-order valence-electron chi connectivity index (χ1n) is 9.96. The van der Waals surface area contributed by atoms with Gasteiger partial charge in [0.15, 0.2) is 0 Å². The molecule has 0 saturated carbocycles. The third-order valence-corrected chi connectivity index (χ3v) is 5.60. The van der Waals surface area contributed by atoms with Crippen molar-refractivity contribution in [3.05, 3.63) is 108 Å². The minimum Gasteiger partial charge on any atom is -0.313 e. The molecule has 28 heavy (non-hydrogen) atoms. The molecule has 136 valence electrons. The van der Waals surface area contributed by atoms with Crippen molar-refractivity contribution in [2.45, 2.75) is 19.8 Å². The molecule has 0 radical (unpaired) electrons. The molecule has 1 heteroatoms. The van der Waals surface area contributed by atoms with Crippen LogP contribution in [0.3, 0.4) is 0 Å². The van der Waals surface area contributed by atoms with Crippen LogP contribution in [0.1, 0.15) is 23.7 Å². The molecule has 0 fully saturated rings. The molecular weight excluding hydrogens is 338 g/mol. The van der Waals surface area contributed by atoms with Crippen molar-refractivity contribution < 1.29 is 0 Å². The summed E-state index contributed by atoms with van der Waals surface area (Å²) < 4.78 is 2.47. The number of nitrogens with zero attached hydrogens (tertiary/aromatic N) is 1. The quantitative estimate of drug-likeness (QED) is 0.372. The Hall–Kier alpha value is -3.32. The zero-order valence-electron chi connectivity index (χ0n) is 16.1. The van der Waals surface area contributed by atoms with Crippen molar-refractivity contribution in [2.24, 2.45) is 0 Å². The first kappa shape index (κ1) is 16.8. The van der Waals surface area contributed by atoms with Gasteiger partial charge in [0.1, 0.15) is 0 Å². The summed E-state index contributed by atoms with van der Waals surface area (Å²) in [5.74, 6) is 0. The van der Waals surface area contributed by atoms with Gasteiger partial charge in [-0.05, 0) is 60.2 Å². The van der Waals surface area contributed by atoms with Crippen LogP contribution >= 0.6 is 0 Å². The van der Waals surface area contributed by atoms with Gasteiger partial charge in [-0.2, -0.15) is 0 Å². The summed E-state index contributed by atoms with van der Waals surface area (Å²) in [6, 6.07) is 30.8. The van der Waals surface area contributed by atoms with Crippen LogP contribution in [0.5, 0.6) is 0 Å². The van der Waals surface area contributed by atoms with Gasteiger partial charge in [-0.25, -0.2) is 0 Å². The van der Waals surface area contributed by atoms with E-state index in [0.717, 1.165) is 12.8 Å². The van der Waals surface area contributed by atoms with E-state index in [1.54, 1.807) is 0 Å². The molecule has 0 unspecified atom stereocenters. The second-order valence-electron chi connectivity index (χ2n) is 7.34. The SMILES string of the molecule is C/C=C/c1cccc(-n2c(-c3ccccc3)cc3c2CCc2ccccc2-3)c1. The molecule has 4 aromatic rings. The van der Waals surface area contributed by atoms with Gasteiger partial charge < -0.3 is 4.57 Å². The maximum Gasteiger partial charge on any atom is 0.0537 e. The van der Waals surface area contributed by atoms with Gasteiger partial charge in [0, 0.05) is 16.9 Å². The predicted octanol–water partition coefficient (Wildman–Crippen LogP) is 6.94. The van der Waals surface area contributed by atoms with E-state index in [1.807, 2.05) is 0 Å². The van der Waals surface area contributed by atoms with Crippen molar-refractivity contribution in [3.8, 4) is 28.1 Å². The average molecular weight is 361 g/mol. The van der Waals surface area contributed by atoms with Gasteiger partial charge in [-0.15, -0.1) is 0 Å². The first-order valence-corrected chi connectivity index (χ1v) is 9.96. The van der Waals surface area contributed by atoms with Crippen molar-refractivity contribution >= 4 is 6.08 Å². The number of hydrogen-bond donors (Lipinski definition) is 0. The highest BCUT2D eigenvalue weighted by molar-refractivity contribution is 5.80. The number of aryl methyl sites for hydroxylation is 1. The lowest BCUT2D eigenvalue weighted by Crippen LogP contribution is -2.08. The topological polar surface area (TPSA) is 4.93 Å². The molecule has 0 atom stereocenters. The first-order chi connectivity index (χ1) is 13.8. The Morgan fingerprint density at radius 1 is 0.750 bits per heavy atom. The molecule has 0 spiro atoms. The monoisotopic (exact) mass is 361 g/mol. The Labute approximate surface area is 166 Å². The number of hydrogen-bond acceptors (Lipinski definition) is 0.